The molecule has 154 valence electrons. The highest BCUT2D eigenvalue weighted by atomic mass is 16.3. The third kappa shape index (κ3) is 4.70. The van der Waals surface area contributed by atoms with Crippen LogP contribution in [0.15, 0.2) is 53.1 Å². The second-order valence-corrected chi connectivity index (χ2v) is 7.96. The first-order chi connectivity index (χ1) is 14.2. The van der Waals surface area contributed by atoms with Crippen molar-refractivity contribution in [1.82, 2.24) is 15.1 Å². The van der Waals surface area contributed by atoms with E-state index in [0.717, 1.165) is 13.1 Å². The maximum absolute atomic E-state index is 12.8. The van der Waals surface area contributed by atoms with Gasteiger partial charge in [-0.2, -0.15) is 0 Å². The normalized spacial score (nSPS) is 19.2. The zero-order valence-electron chi connectivity index (χ0n) is 16.8. The van der Waals surface area contributed by atoms with Crippen molar-refractivity contribution >= 4 is 11.8 Å². The number of nitrogens with one attached hydrogen (secondary N) is 1. The zero-order chi connectivity index (χ0) is 20.1. The van der Waals surface area contributed by atoms with E-state index in [1.165, 1.54) is 24.7 Å². The van der Waals surface area contributed by atoms with Crippen molar-refractivity contribution < 1.29 is 14.0 Å². The fraction of sp³-hybridized carbons (Fsp3) is 0.478. The van der Waals surface area contributed by atoms with Crippen molar-refractivity contribution in [2.75, 3.05) is 32.7 Å². The highest BCUT2D eigenvalue weighted by Gasteiger charge is 2.30. The van der Waals surface area contributed by atoms with E-state index in [1.807, 2.05) is 6.07 Å². The first kappa shape index (κ1) is 19.7. The Morgan fingerprint density at radius 3 is 2.38 bits per heavy atom. The highest BCUT2D eigenvalue weighted by molar-refractivity contribution is 5.91. The fourth-order valence-corrected chi connectivity index (χ4v) is 4.43. The summed E-state index contributed by atoms with van der Waals surface area (Å²) < 4.78 is 5.20. The van der Waals surface area contributed by atoms with Crippen LogP contribution in [-0.2, 0) is 4.79 Å². The van der Waals surface area contributed by atoms with Gasteiger partial charge in [0.05, 0.1) is 12.3 Å². The molecule has 0 bridgehead atoms. The van der Waals surface area contributed by atoms with Crippen molar-refractivity contribution in [2.45, 2.75) is 31.7 Å². The number of furan rings is 1. The van der Waals surface area contributed by atoms with Crippen molar-refractivity contribution in [3.8, 4) is 0 Å². The lowest BCUT2D eigenvalue weighted by Crippen LogP contribution is -2.44. The quantitative estimate of drug-likeness (QED) is 0.816. The Kier molecular flexibility index (Phi) is 6.30. The second-order valence-electron chi connectivity index (χ2n) is 7.96. The number of piperidine rings is 1. The van der Waals surface area contributed by atoms with Gasteiger partial charge in [-0.25, -0.2) is 0 Å². The lowest BCUT2D eigenvalue weighted by molar-refractivity contribution is -0.126. The number of carbonyl (C=O) groups excluding carboxylic acids is 2. The lowest BCUT2D eigenvalue weighted by atomic mass is 9.95. The summed E-state index contributed by atoms with van der Waals surface area (Å²) in [5, 5.41) is 3.20. The molecular weight excluding hydrogens is 366 g/mol. The standard InChI is InChI=1S/C23H29N3O3/c27-22(19-10-14-26(15-11-19)23(28)21-9-6-16-29-21)24-17-20(25-12-4-5-13-25)18-7-2-1-3-8-18/h1-3,6-9,16,19-20H,4-5,10-15,17H2,(H,24,27). The first-order valence-corrected chi connectivity index (χ1v) is 10.6. The van der Waals surface area contributed by atoms with Crippen LogP contribution in [0.1, 0.15) is 47.8 Å². The average molecular weight is 396 g/mol. The Hall–Kier alpha value is -2.60. The van der Waals surface area contributed by atoms with Crippen LogP contribution < -0.4 is 5.32 Å². The van der Waals surface area contributed by atoms with Crippen LogP contribution in [0.4, 0.5) is 0 Å². The van der Waals surface area contributed by atoms with Crippen LogP contribution in [0.2, 0.25) is 0 Å². The lowest BCUT2D eigenvalue weighted by Gasteiger charge is -2.32. The summed E-state index contributed by atoms with van der Waals surface area (Å²) in [6.45, 7) is 3.98. The molecule has 3 heterocycles. The number of hydrogen-bond donors (Lipinski definition) is 1. The van der Waals surface area contributed by atoms with Gasteiger partial charge in [-0.1, -0.05) is 30.3 Å². The molecule has 1 aromatic heterocycles. The van der Waals surface area contributed by atoms with E-state index in [0.29, 0.717) is 38.2 Å². The molecule has 6 heteroatoms. The predicted molar refractivity (Wildman–Crippen MR) is 110 cm³/mol. The number of likely N-dealkylation sites (tertiary alicyclic amines) is 2. The van der Waals surface area contributed by atoms with E-state index in [2.05, 4.69) is 34.5 Å². The summed E-state index contributed by atoms with van der Waals surface area (Å²) in [7, 11) is 0. The van der Waals surface area contributed by atoms with Crippen LogP contribution in [-0.4, -0.2) is 54.3 Å². The van der Waals surface area contributed by atoms with Crippen LogP contribution in [0.3, 0.4) is 0 Å². The molecule has 4 rings (SSSR count). The topological polar surface area (TPSA) is 65.8 Å². The summed E-state index contributed by atoms with van der Waals surface area (Å²) >= 11 is 0. The number of rotatable bonds is 6. The van der Waals surface area contributed by atoms with E-state index < -0.39 is 0 Å². The Balaban J connectivity index is 1.30. The van der Waals surface area contributed by atoms with Crippen LogP contribution in [0, 0.1) is 5.92 Å². The molecular formula is C23H29N3O3. The van der Waals surface area contributed by atoms with Gasteiger partial charge in [0.1, 0.15) is 0 Å². The third-order valence-electron chi connectivity index (χ3n) is 6.12. The molecule has 29 heavy (non-hydrogen) atoms. The van der Waals surface area contributed by atoms with Gasteiger partial charge in [0.2, 0.25) is 5.91 Å². The van der Waals surface area contributed by atoms with E-state index in [1.54, 1.807) is 17.0 Å². The molecule has 1 aromatic carbocycles. The number of benzene rings is 1. The summed E-state index contributed by atoms with van der Waals surface area (Å²) in [5.74, 6) is 0.345. The maximum Gasteiger partial charge on any atom is 0.289 e. The summed E-state index contributed by atoms with van der Waals surface area (Å²) in [6, 6.07) is 14.1. The molecule has 0 spiro atoms. The number of hydrogen-bond acceptors (Lipinski definition) is 4. The van der Waals surface area contributed by atoms with Crippen molar-refractivity contribution in [3.63, 3.8) is 0 Å². The molecule has 2 aromatic rings. The van der Waals surface area contributed by atoms with E-state index in [-0.39, 0.29) is 23.8 Å². The first-order valence-electron chi connectivity index (χ1n) is 10.6. The number of nitrogens with zero attached hydrogens (tertiary/aromatic N) is 2. The molecule has 0 saturated carbocycles. The van der Waals surface area contributed by atoms with Crippen molar-refractivity contribution in [3.05, 3.63) is 60.1 Å². The Morgan fingerprint density at radius 2 is 1.72 bits per heavy atom. The Morgan fingerprint density at radius 1 is 1.00 bits per heavy atom. The summed E-state index contributed by atoms with van der Waals surface area (Å²) in [4.78, 5) is 29.4. The van der Waals surface area contributed by atoms with Gasteiger partial charge >= 0.3 is 0 Å². The number of amides is 2. The van der Waals surface area contributed by atoms with Gasteiger partial charge in [0.25, 0.3) is 5.91 Å². The zero-order valence-corrected chi connectivity index (χ0v) is 16.8. The molecule has 0 aliphatic carbocycles. The fourth-order valence-electron chi connectivity index (χ4n) is 4.43. The Labute approximate surface area is 171 Å². The van der Waals surface area contributed by atoms with E-state index in [4.69, 9.17) is 4.42 Å². The highest BCUT2D eigenvalue weighted by Crippen LogP contribution is 2.25. The average Bonchev–Trinajstić information content (AvgIpc) is 3.49. The van der Waals surface area contributed by atoms with Gasteiger partial charge in [0.15, 0.2) is 5.76 Å². The number of carbonyl (C=O) groups is 2. The molecule has 2 saturated heterocycles. The van der Waals surface area contributed by atoms with Gasteiger partial charge in [-0.05, 0) is 56.5 Å². The second kappa shape index (κ2) is 9.27. The minimum atomic E-state index is -0.0907. The molecule has 2 aliphatic rings. The van der Waals surface area contributed by atoms with Gasteiger partial charge in [-0.15, -0.1) is 0 Å². The SMILES string of the molecule is O=C(NCC(c1ccccc1)N1CCCC1)C1CCN(C(=O)c2ccco2)CC1. The summed E-state index contributed by atoms with van der Waals surface area (Å²) in [5.41, 5.74) is 1.26. The van der Waals surface area contributed by atoms with Gasteiger partial charge < -0.3 is 14.6 Å². The molecule has 1 atom stereocenters. The summed E-state index contributed by atoms with van der Waals surface area (Å²) in [6.07, 6.45) is 5.34. The van der Waals surface area contributed by atoms with Crippen molar-refractivity contribution in [2.24, 2.45) is 5.92 Å². The van der Waals surface area contributed by atoms with Crippen LogP contribution in [0.25, 0.3) is 0 Å². The molecule has 1 N–H and O–H groups in total. The molecule has 2 aliphatic heterocycles. The molecule has 2 fully saturated rings. The minimum absolute atomic E-state index is 0.0364. The smallest absolute Gasteiger partial charge is 0.289 e. The largest absolute Gasteiger partial charge is 0.459 e. The molecule has 6 nitrogen and oxygen atoms in total. The van der Waals surface area contributed by atoms with Gasteiger partial charge in [0, 0.05) is 25.6 Å². The predicted octanol–water partition coefficient (Wildman–Crippen LogP) is 3.09. The molecule has 0 radical (unpaired) electrons. The molecule has 2 amide bonds. The van der Waals surface area contributed by atoms with Crippen LogP contribution >= 0.6 is 0 Å². The van der Waals surface area contributed by atoms with Crippen LogP contribution in [0.5, 0.6) is 0 Å². The van der Waals surface area contributed by atoms with E-state index >= 15 is 0 Å². The third-order valence-corrected chi connectivity index (χ3v) is 6.12. The maximum atomic E-state index is 12.8. The minimum Gasteiger partial charge on any atom is -0.459 e. The molecule has 1 unspecified atom stereocenters. The van der Waals surface area contributed by atoms with Crippen molar-refractivity contribution in [1.29, 1.82) is 0 Å². The van der Waals surface area contributed by atoms with E-state index in [9.17, 15) is 9.59 Å². The van der Waals surface area contributed by atoms with Gasteiger partial charge in [-0.3, -0.25) is 14.5 Å². The monoisotopic (exact) mass is 395 g/mol. The Bertz CT molecular complexity index is 792.